The lowest BCUT2D eigenvalue weighted by atomic mass is 10.3. The van der Waals surface area contributed by atoms with Gasteiger partial charge in [0.25, 0.3) is 5.56 Å². The van der Waals surface area contributed by atoms with Crippen molar-refractivity contribution in [3.63, 3.8) is 0 Å². The van der Waals surface area contributed by atoms with Crippen molar-refractivity contribution in [1.82, 2.24) is 19.7 Å². The Morgan fingerprint density at radius 2 is 2.37 bits per heavy atom. The highest BCUT2D eigenvalue weighted by Gasteiger charge is 2.26. The number of aromatic nitrogens is 4. The van der Waals surface area contributed by atoms with Crippen molar-refractivity contribution in [3.05, 3.63) is 40.7 Å². The molecule has 2 heterocycles. The Labute approximate surface area is 110 Å². The van der Waals surface area contributed by atoms with Crippen LogP contribution in [0.15, 0.2) is 29.3 Å². The molecule has 2 N–H and O–H groups in total. The standard InChI is InChI=1S/C13H17N5O/c19-12-9-11(16-13(17-12)10-3-4-10)14-5-1-7-18-8-2-6-15-18/h2,6,8-10H,1,3-5,7H2,(H2,14,16,17,19). The van der Waals surface area contributed by atoms with Gasteiger partial charge < -0.3 is 10.3 Å². The van der Waals surface area contributed by atoms with Gasteiger partial charge in [0, 0.05) is 37.5 Å². The highest BCUT2D eigenvalue weighted by Crippen LogP contribution is 2.37. The van der Waals surface area contributed by atoms with Gasteiger partial charge in [0.2, 0.25) is 0 Å². The van der Waals surface area contributed by atoms with Crippen LogP contribution in [0, 0.1) is 0 Å². The zero-order valence-electron chi connectivity index (χ0n) is 10.7. The smallest absolute Gasteiger partial charge is 0.252 e. The monoisotopic (exact) mass is 259 g/mol. The summed E-state index contributed by atoms with van der Waals surface area (Å²) in [5.74, 6) is 1.95. The Morgan fingerprint density at radius 3 is 3.11 bits per heavy atom. The first-order valence-corrected chi connectivity index (χ1v) is 6.64. The lowest BCUT2D eigenvalue weighted by Crippen LogP contribution is -2.14. The van der Waals surface area contributed by atoms with Crippen LogP contribution in [0.25, 0.3) is 0 Å². The highest BCUT2D eigenvalue weighted by molar-refractivity contribution is 5.33. The van der Waals surface area contributed by atoms with E-state index in [-0.39, 0.29) is 5.56 Å². The first kappa shape index (κ1) is 12.0. The van der Waals surface area contributed by atoms with Crippen molar-refractivity contribution in [2.24, 2.45) is 0 Å². The molecule has 3 rings (SSSR count). The van der Waals surface area contributed by atoms with Crippen molar-refractivity contribution in [1.29, 1.82) is 0 Å². The zero-order valence-corrected chi connectivity index (χ0v) is 10.7. The predicted molar refractivity (Wildman–Crippen MR) is 72.2 cm³/mol. The Balaban J connectivity index is 1.53. The molecule has 0 spiro atoms. The summed E-state index contributed by atoms with van der Waals surface area (Å²) in [7, 11) is 0. The van der Waals surface area contributed by atoms with Gasteiger partial charge in [-0.2, -0.15) is 5.10 Å². The van der Waals surface area contributed by atoms with Gasteiger partial charge in [-0.05, 0) is 25.3 Å². The minimum atomic E-state index is -0.0773. The summed E-state index contributed by atoms with van der Waals surface area (Å²) < 4.78 is 1.89. The molecule has 19 heavy (non-hydrogen) atoms. The molecule has 0 aliphatic heterocycles. The van der Waals surface area contributed by atoms with E-state index in [9.17, 15) is 4.79 Å². The van der Waals surface area contributed by atoms with Crippen LogP contribution in [0.3, 0.4) is 0 Å². The number of H-pyrrole nitrogens is 1. The summed E-state index contributed by atoms with van der Waals surface area (Å²) in [6.45, 7) is 1.64. The fourth-order valence-electron chi connectivity index (χ4n) is 2.01. The average Bonchev–Trinajstić information content (AvgIpc) is 3.12. The lowest BCUT2D eigenvalue weighted by molar-refractivity contribution is 0.591. The van der Waals surface area contributed by atoms with Crippen molar-refractivity contribution < 1.29 is 0 Å². The Morgan fingerprint density at radius 1 is 1.47 bits per heavy atom. The van der Waals surface area contributed by atoms with Gasteiger partial charge in [-0.1, -0.05) is 0 Å². The summed E-state index contributed by atoms with van der Waals surface area (Å²) in [6, 6.07) is 3.42. The van der Waals surface area contributed by atoms with Gasteiger partial charge >= 0.3 is 0 Å². The highest BCUT2D eigenvalue weighted by atomic mass is 16.1. The Kier molecular flexibility index (Phi) is 3.31. The molecular formula is C13H17N5O. The Hall–Kier alpha value is -2.11. The number of aryl methyl sites for hydroxylation is 1. The van der Waals surface area contributed by atoms with Crippen LogP contribution in [0.1, 0.15) is 31.0 Å². The van der Waals surface area contributed by atoms with Crippen LogP contribution in [0.2, 0.25) is 0 Å². The molecule has 6 heteroatoms. The van der Waals surface area contributed by atoms with Crippen molar-refractivity contribution >= 4 is 5.82 Å². The molecule has 0 amide bonds. The van der Waals surface area contributed by atoms with Crippen LogP contribution in [-0.2, 0) is 6.54 Å². The van der Waals surface area contributed by atoms with Crippen LogP contribution in [-0.4, -0.2) is 26.3 Å². The van der Waals surface area contributed by atoms with E-state index in [1.807, 2.05) is 16.9 Å². The number of aromatic amines is 1. The number of hydrogen-bond acceptors (Lipinski definition) is 4. The van der Waals surface area contributed by atoms with Crippen molar-refractivity contribution in [2.45, 2.75) is 31.7 Å². The second-order valence-electron chi connectivity index (χ2n) is 4.84. The molecule has 100 valence electrons. The van der Waals surface area contributed by atoms with Gasteiger partial charge in [0.05, 0.1) is 0 Å². The molecule has 1 fully saturated rings. The lowest BCUT2D eigenvalue weighted by Gasteiger charge is -2.07. The van der Waals surface area contributed by atoms with Crippen LogP contribution in [0.5, 0.6) is 0 Å². The second-order valence-corrected chi connectivity index (χ2v) is 4.84. The topological polar surface area (TPSA) is 75.6 Å². The molecule has 0 aromatic carbocycles. The normalized spacial score (nSPS) is 14.5. The minimum absolute atomic E-state index is 0.0773. The van der Waals surface area contributed by atoms with Gasteiger partial charge in [0.15, 0.2) is 0 Å². The van der Waals surface area contributed by atoms with E-state index in [1.165, 1.54) is 6.07 Å². The summed E-state index contributed by atoms with van der Waals surface area (Å²) >= 11 is 0. The second kappa shape index (κ2) is 5.26. The maximum absolute atomic E-state index is 11.5. The SMILES string of the molecule is O=c1cc(NCCCn2cccn2)nc(C2CC2)[nH]1. The molecule has 1 aliphatic rings. The third kappa shape index (κ3) is 3.21. The molecular weight excluding hydrogens is 242 g/mol. The predicted octanol–water partition coefficient (Wildman–Crippen LogP) is 1.35. The van der Waals surface area contributed by atoms with Gasteiger partial charge in [-0.25, -0.2) is 4.98 Å². The zero-order chi connectivity index (χ0) is 13.1. The van der Waals surface area contributed by atoms with E-state index >= 15 is 0 Å². The van der Waals surface area contributed by atoms with E-state index in [0.717, 1.165) is 38.2 Å². The number of nitrogens with zero attached hydrogens (tertiary/aromatic N) is 3. The number of rotatable bonds is 6. The molecule has 1 aliphatic carbocycles. The first-order valence-electron chi connectivity index (χ1n) is 6.64. The van der Waals surface area contributed by atoms with E-state index in [0.29, 0.717) is 11.7 Å². The molecule has 2 aromatic heterocycles. The van der Waals surface area contributed by atoms with E-state index in [4.69, 9.17) is 0 Å². The van der Waals surface area contributed by atoms with Crippen molar-refractivity contribution in [3.8, 4) is 0 Å². The first-order chi connectivity index (χ1) is 9.31. The van der Waals surface area contributed by atoms with E-state index in [2.05, 4.69) is 20.4 Å². The van der Waals surface area contributed by atoms with Gasteiger partial charge in [0.1, 0.15) is 11.6 Å². The maximum atomic E-state index is 11.5. The summed E-state index contributed by atoms with van der Waals surface area (Å²) in [5.41, 5.74) is -0.0773. The molecule has 0 radical (unpaired) electrons. The van der Waals surface area contributed by atoms with Crippen LogP contribution in [0.4, 0.5) is 5.82 Å². The van der Waals surface area contributed by atoms with Crippen LogP contribution >= 0.6 is 0 Å². The molecule has 6 nitrogen and oxygen atoms in total. The third-order valence-corrected chi connectivity index (χ3v) is 3.15. The summed E-state index contributed by atoms with van der Waals surface area (Å²) in [6.07, 6.45) is 6.91. The maximum Gasteiger partial charge on any atom is 0.252 e. The minimum Gasteiger partial charge on any atom is -0.370 e. The van der Waals surface area contributed by atoms with Crippen molar-refractivity contribution in [2.75, 3.05) is 11.9 Å². The molecule has 0 saturated heterocycles. The fourth-order valence-corrected chi connectivity index (χ4v) is 2.01. The number of nitrogens with one attached hydrogen (secondary N) is 2. The molecule has 0 atom stereocenters. The number of anilines is 1. The molecule has 0 bridgehead atoms. The average molecular weight is 259 g/mol. The Bertz CT molecular complexity index is 585. The number of hydrogen-bond donors (Lipinski definition) is 2. The molecule has 0 unspecified atom stereocenters. The fraction of sp³-hybridized carbons (Fsp3) is 0.462. The summed E-state index contributed by atoms with van der Waals surface area (Å²) in [5, 5.41) is 7.34. The molecule has 1 saturated carbocycles. The van der Waals surface area contributed by atoms with Crippen LogP contribution < -0.4 is 10.9 Å². The molecule has 2 aromatic rings. The summed E-state index contributed by atoms with van der Waals surface area (Å²) in [4.78, 5) is 18.8. The van der Waals surface area contributed by atoms with Gasteiger partial charge in [-0.15, -0.1) is 0 Å². The third-order valence-electron chi connectivity index (χ3n) is 3.15. The van der Waals surface area contributed by atoms with Gasteiger partial charge in [-0.3, -0.25) is 9.48 Å². The largest absolute Gasteiger partial charge is 0.370 e. The quantitative estimate of drug-likeness (QED) is 0.768. The van der Waals surface area contributed by atoms with E-state index in [1.54, 1.807) is 6.20 Å². The van der Waals surface area contributed by atoms with E-state index < -0.39 is 0 Å².